The van der Waals surface area contributed by atoms with Crippen molar-refractivity contribution in [1.29, 1.82) is 0 Å². The monoisotopic (exact) mass is 325 g/mol. The Hall–Kier alpha value is -0.950. The molecule has 0 bridgehead atoms. The standard InChI is InChI=1S/C16H23NO4S/c1-11-3-6-16(12(2)9-11)22(18,19)17-13-4-5-14-15(10-13)21-8-7-20-14/h3,6,9,13-15,17H,4-5,7-8,10H2,1-2H3. The molecule has 5 nitrogen and oxygen atoms in total. The Morgan fingerprint density at radius 1 is 1.09 bits per heavy atom. The molecule has 1 heterocycles. The first-order valence-corrected chi connectivity index (χ1v) is 9.27. The van der Waals surface area contributed by atoms with Gasteiger partial charge in [-0.15, -0.1) is 0 Å². The second-order valence-electron chi connectivity index (χ2n) is 6.22. The number of sulfonamides is 1. The van der Waals surface area contributed by atoms with Crippen molar-refractivity contribution >= 4 is 10.0 Å². The molecule has 1 saturated carbocycles. The minimum absolute atomic E-state index is 0.00862. The third kappa shape index (κ3) is 3.35. The molecule has 0 aromatic heterocycles. The summed E-state index contributed by atoms with van der Waals surface area (Å²) in [7, 11) is -3.49. The minimum Gasteiger partial charge on any atom is -0.373 e. The van der Waals surface area contributed by atoms with Crippen molar-refractivity contribution in [2.24, 2.45) is 0 Å². The second kappa shape index (κ2) is 6.28. The molecule has 0 spiro atoms. The van der Waals surface area contributed by atoms with Crippen LogP contribution in [-0.2, 0) is 19.5 Å². The van der Waals surface area contributed by atoms with Crippen LogP contribution in [-0.4, -0.2) is 39.9 Å². The van der Waals surface area contributed by atoms with Crippen molar-refractivity contribution in [3.8, 4) is 0 Å². The number of fused-ring (bicyclic) bond motifs is 1. The lowest BCUT2D eigenvalue weighted by molar-refractivity contribution is -0.156. The third-order valence-electron chi connectivity index (χ3n) is 4.42. The summed E-state index contributed by atoms with van der Waals surface area (Å²) in [4.78, 5) is 0.362. The highest BCUT2D eigenvalue weighted by Gasteiger charge is 2.36. The quantitative estimate of drug-likeness (QED) is 0.922. The van der Waals surface area contributed by atoms with Crippen molar-refractivity contribution in [3.05, 3.63) is 29.3 Å². The normalized spacial score (nSPS) is 29.1. The summed E-state index contributed by atoms with van der Waals surface area (Å²) in [5, 5.41) is 0. The van der Waals surface area contributed by atoms with Gasteiger partial charge in [-0.1, -0.05) is 17.7 Å². The van der Waals surface area contributed by atoms with Crippen molar-refractivity contribution in [3.63, 3.8) is 0 Å². The highest BCUT2D eigenvalue weighted by Crippen LogP contribution is 2.28. The predicted octanol–water partition coefficient (Wildman–Crippen LogP) is 1.92. The summed E-state index contributed by atoms with van der Waals surface area (Å²) in [6, 6.07) is 5.31. The van der Waals surface area contributed by atoms with Gasteiger partial charge in [0.1, 0.15) is 0 Å². The second-order valence-corrected chi connectivity index (χ2v) is 7.90. The van der Waals surface area contributed by atoms with Crippen LogP contribution >= 0.6 is 0 Å². The molecule has 6 heteroatoms. The van der Waals surface area contributed by atoms with E-state index in [0.29, 0.717) is 24.5 Å². The van der Waals surface area contributed by atoms with E-state index >= 15 is 0 Å². The SMILES string of the molecule is Cc1ccc(S(=O)(=O)NC2CCC3OCCOC3C2)c(C)c1. The van der Waals surface area contributed by atoms with Gasteiger partial charge in [0.25, 0.3) is 0 Å². The molecule has 3 unspecified atom stereocenters. The maximum atomic E-state index is 12.6. The molecule has 1 aromatic carbocycles. The number of hydrogen-bond donors (Lipinski definition) is 1. The van der Waals surface area contributed by atoms with Gasteiger partial charge in [0.05, 0.1) is 30.3 Å². The number of hydrogen-bond acceptors (Lipinski definition) is 4. The highest BCUT2D eigenvalue weighted by atomic mass is 32.2. The maximum Gasteiger partial charge on any atom is 0.241 e. The van der Waals surface area contributed by atoms with E-state index < -0.39 is 10.0 Å². The van der Waals surface area contributed by atoms with Crippen LogP contribution in [0.4, 0.5) is 0 Å². The third-order valence-corrected chi connectivity index (χ3v) is 6.10. The molecule has 1 aliphatic carbocycles. The van der Waals surface area contributed by atoms with Gasteiger partial charge in [0.15, 0.2) is 0 Å². The van der Waals surface area contributed by atoms with Gasteiger partial charge >= 0.3 is 0 Å². The number of aryl methyl sites for hydroxylation is 2. The molecule has 0 amide bonds. The lowest BCUT2D eigenvalue weighted by Gasteiger charge is -2.38. The first-order valence-electron chi connectivity index (χ1n) is 7.78. The molecule has 1 N–H and O–H groups in total. The molecule has 1 saturated heterocycles. The summed E-state index contributed by atoms with van der Waals surface area (Å²) in [6.07, 6.45) is 2.43. The van der Waals surface area contributed by atoms with Crippen LogP contribution in [0.1, 0.15) is 30.4 Å². The van der Waals surface area contributed by atoms with E-state index in [9.17, 15) is 8.42 Å². The van der Waals surface area contributed by atoms with E-state index in [0.717, 1.165) is 24.0 Å². The molecular weight excluding hydrogens is 302 g/mol. The van der Waals surface area contributed by atoms with E-state index in [2.05, 4.69) is 4.72 Å². The summed E-state index contributed by atoms with van der Waals surface area (Å²) >= 11 is 0. The summed E-state index contributed by atoms with van der Waals surface area (Å²) in [6.45, 7) is 5.02. The van der Waals surface area contributed by atoms with Crippen LogP contribution in [0.15, 0.2) is 23.1 Å². The van der Waals surface area contributed by atoms with E-state index in [4.69, 9.17) is 9.47 Å². The van der Waals surface area contributed by atoms with Gasteiger partial charge in [-0.3, -0.25) is 0 Å². The molecule has 2 aliphatic rings. The Morgan fingerprint density at radius 3 is 2.55 bits per heavy atom. The highest BCUT2D eigenvalue weighted by molar-refractivity contribution is 7.89. The van der Waals surface area contributed by atoms with Gasteiger partial charge in [-0.2, -0.15) is 0 Å². The lowest BCUT2D eigenvalue weighted by atomic mass is 9.90. The van der Waals surface area contributed by atoms with Crippen LogP contribution < -0.4 is 4.72 Å². The van der Waals surface area contributed by atoms with Crippen LogP contribution in [0.25, 0.3) is 0 Å². The summed E-state index contributed by atoms with van der Waals surface area (Å²) in [5.74, 6) is 0. The first kappa shape index (κ1) is 15.9. The smallest absolute Gasteiger partial charge is 0.241 e. The molecule has 3 atom stereocenters. The van der Waals surface area contributed by atoms with Gasteiger partial charge in [0.2, 0.25) is 10.0 Å². The zero-order valence-electron chi connectivity index (χ0n) is 13.0. The molecule has 2 fully saturated rings. The lowest BCUT2D eigenvalue weighted by Crippen LogP contribution is -2.49. The topological polar surface area (TPSA) is 64.6 Å². The van der Waals surface area contributed by atoms with E-state index in [1.807, 2.05) is 26.0 Å². The van der Waals surface area contributed by atoms with Crippen LogP contribution in [0.5, 0.6) is 0 Å². The summed E-state index contributed by atoms with van der Waals surface area (Å²) < 4.78 is 39.4. The predicted molar refractivity (Wildman–Crippen MR) is 83.4 cm³/mol. The zero-order valence-corrected chi connectivity index (χ0v) is 13.9. The van der Waals surface area contributed by atoms with Gasteiger partial charge in [0, 0.05) is 6.04 Å². The Bertz CT molecular complexity index is 644. The van der Waals surface area contributed by atoms with Gasteiger partial charge in [-0.25, -0.2) is 13.1 Å². The van der Waals surface area contributed by atoms with Gasteiger partial charge < -0.3 is 9.47 Å². The average molecular weight is 325 g/mol. The largest absolute Gasteiger partial charge is 0.373 e. The number of benzene rings is 1. The van der Waals surface area contributed by atoms with Crippen LogP contribution in [0.2, 0.25) is 0 Å². The summed E-state index contributed by atoms with van der Waals surface area (Å²) in [5.41, 5.74) is 1.84. The molecule has 0 radical (unpaired) electrons. The molecular formula is C16H23NO4S. The number of ether oxygens (including phenoxy) is 2. The van der Waals surface area contributed by atoms with Gasteiger partial charge in [-0.05, 0) is 44.7 Å². The van der Waals surface area contributed by atoms with E-state index in [1.165, 1.54) is 0 Å². The number of rotatable bonds is 3. The fraction of sp³-hybridized carbons (Fsp3) is 0.625. The number of nitrogens with one attached hydrogen (secondary N) is 1. The van der Waals surface area contributed by atoms with Crippen molar-refractivity contribution < 1.29 is 17.9 Å². The van der Waals surface area contributed by atoms with Crippen molar-refractivity contribution in [2.45, 2.75) is 56.3 Å². The van der Waals surface area contributed by atoms with Crippen LogP contribution in [0.3, 0.4) is 0 Å². The minimum atomic E-state index is -3.49. The Labute approximate surface area is 132 Å². The maximum absolute atomic E-state index is 12.6. The first-order chi connectivity index (χ1) is 10.5. The molecule has 3 rings (SSSR count). The Morgan fingerprint density at radius 2 is 1.82 bits per heavy atom. The van der Waals surface area contributed by atoms with E-state index in [1.54, 1.807) is 6.07 Å². The fourth-order valence-corrected chi connectivity index (χ4v) is 4.87. The molecule has 1 aromatic rings. The van der Waals surface area contributed by atoms with Crippen molar-refractivity contribution in [1.82, 2.24) is 4.72 Å². The fourth-order valence-electron chi connectivity index (χ4n) is 3.36. The Kier molecular flexibility index (Phi) is 4.54. The Balaban J connectivity index is 1.71. The van der Waals surface area contributed by atoms with Crippen molar-refractivity contribution in [2.75, 3.05) is 13.2 Å². The van der Waals surface area contributed by atoms with E-state index in [-0.39, 0.29) is 18.2 Å². The molecule has 1 aliphatic heterocycles. The van der Waals surface area contributed by atoms with Crippen LogP contribution in [0, 0.1) is 13.8 Å². The molecule has 22 heavy (non-hydrogen) atoms. The molecule has 122 valence electrons. The average Bonchev–Trinajstić information content (AvgIpc) is 2.46. The zero-order chi connectivity index (χ0) is 15.7.